The third-order valence-corrected chi connectivity index (χ3v) is 3.52. The van der Waals surface area contributed by atoms with Gasteiger partial charge in [-0.2, -0.15) is 13.2 Å². The van der Waals surface area contributed by atoms with Crippen LogP contribution in [0.1, 0.15) is 29.9 Å². The maximum Gasteiger partial charge on any atom is 0.418 e. The molecule has 0 fully saturated rings. The second kappa shape index (κ2) is 4.80. The van der Waals surface area contributed by atoms with Crippen LogP contribution >= 0.6 is 0 Å². The van der Waals surface area contributed by atoms with Gasteiger partial charge in [0.15, 0.2) is 0 Å². The van der Waals surface area contributed by atoms with Crippen LogP contribution in [0.25, 0.3) is 0 Å². The van der Waals surface area contributed by atoms with E-state index < -0.39 is 11.7 Å². The minimum atomic E-state index is -4.32. The highest BCUT2D eigenvalue weighted by atomic mass is 19.4. The molecule has 1 unspecified atom stereocenters. The number of rotatable bonds is 1. The van der Waals surface area contributed by atoms with Gasteiger partial charge < -0.3 is 10.6 Å². The maximum atomic E-state index is 13.1. The van der Waals surface area contributed by atoms with Crippen molar-refractivity contribution in [3.05, 3.63) is 29.3 Å². The Balaban J connectivity index is 2.60. The first-order valence-electron chi connectivity index (χ1n) is 6.06. The average Bonchev–Trinajstić information content (AvgIpc) is 2.47. The molecule has 0 aliphatic carbocycles. The monoisotopic (exact) mass is 258 g/mol. The van der Waals surface area contributed by atoms with E-state index in [0.29, 0.717) is 18.8 Å². The number of hydrogen-bond acceptors (Lipinski definition) is 2. The summed E-state index contributed by atoms with van der Waals surface area (Å²) in [6.45, 7) is 1.03. The average molecular weight is 258 g/mol. The molecular formula is C13H17F3N2. The van der Waals surface area contributed by atoms with Crippen molar-refractivity contribution in [1.29, 1.82) is 0 Å². The van der Waals surface area contributed by atoms with E-state index in [2.05, 4.69) is 0 Å². The Labute approximate surface area is 105 Å². The number of benzene rings is 1. The molecule has 1 aromatic carbocycles. The van der Waals surface area contributed by atoms with Crippen molar-refractivity contribution in [3.63, 3.8) is 0 Å². The fraction of sp³-hybridized carbons (Fsp3) is 0.538. The highest BCUT2D eigenvalue weighted by Crippen LogP contribution is 2.42. The highest BCUT2D eigenvalue weighted by Gasteiger charge is 2.36. The van der Waals surface area contributed by atoms with Gasteiger partial charge in [0.2, 0.25) is 0 Å². The number of fused-ring (bicyclic) bond motifs is 1. The van der Waals surface area contributed by atoms with Gasteiger partial charge in [-0.05, 0) is 36.9 Å². The molecular weight excluding hydrogens is 241 g/mol. The SMILES string of the molecule is CN1CCCC(CN)c2cccc(C(F)(F)F)c21. The van der Waals surface area contributed by atoms with E-state index >= 15 is 0 Å². The summed E-state index contributed by atoms with van der Waals surface area (Å²) in [5.74, 6) is 0.0206. The summed E-state index contributed by atoms with van der Waals surface area (Å²) in [4.78, 5) is 1.70. The number of anilines is 1. The number of para-hydroxylation sites is 1. The summed E-state index contributed by atoms with van der Waals surface area (Å²) in [6.07, 6.45) is -2.61. The minimum absolute atomic E-state index is 0.0206. The molecule has 0 radical (unpaired) electrons. The lowest BCUT2D eigenvalue weighted by Crippen LogP contribution is -2.22. The molecule has 0 saturated heterocycles. The molecule has 2 rings (SSSR count). The van der Waals surface area contributed by atoms with E-state index in [4.69, 9.17) is 5.73 Å². The number of nitrogens with two attached hydrogens (primary N) is 1. The molecule has 1 aliphatic heterocycles. The van der Waals surface area contributed by atoms with Crippen molar-refractivity contribution in [2.24, 2.45) is 5.73 Å². The van der Waals surface area contributed by atoms with Gasteiger partial charge in [0.25, 0.3) is 0 Å². The third-order valence-electron chi connectivity index (χ3n) is 3.52. The molecule has 1 aromatic rings. The van der Waals surface area contributed by atoms with E-state index in [9.17, 15) is 13.2 Å². The normalized spacial score (nSPS) is 20.5. The minimum Gasteiger partial charge on any atom is -0.374 e. The first-order valence-corrected chi connectivity index (χ1v) is 6.06. The quantitative estimate of drug-likeness (QED) is 0.839. The molecule has 100 valence electrons. The summed E-state index contributed by atoms with van der Waals surface area (Å²) in [5.41, 5.74) is 6.17. The van der Waals surface area contributed by atoms with Crippen LogP contribution in [0.3, 0.4) is 0 Å². The molecule has 0 aromatic heterocycles. The van der Waals surface area contributed by atoms with Gasteiger partial charge in [0.1, 0.15) is 0 Å². The Kier molecular flexibility index (Phi) is 3.52. The van der Waals surface area contributed by atoms with E-state index in [1.54, 1.807) is 18.0 Å². The molecule has 1 atom stereocenters. The van der Waals surface area contributed by atoms with Crippen molar-refractivity contribution in [2.75, 3.05) is 25.0 Å². The van der Waals surface area contributed by atoms with E-state index in [-0.39, 0.29) is 5.92 Å². The van der Waals surface area contributed by atoms with Crippen molar-refractivity contribution in [1.82, 2.24) is 0 Å². The van der Waals surface area contributed by atoms with Gasteiger partial charge in [-0.25, -0.2) is 0 Å². The van der Waals surface area contributed by atoms with Crippen LogP contribution in [-0.2, 0) is 6.18 Å². The predicted molar refractivity (Wildman–Crippen MR) is 65.7 cm³/mol. The fourth-order valence-corrected chi connectivity index (χ4v) is 2.63. The lowest BCUT2D eigenvalue weighted by Gasteiger charge is -2.25. The van der Waals surface area contributed by atoms with Gasteiger partial charge in [-0.1, -0.05) is 12.1 Å². The van der Waals surface area contributed by atoms with Crippen LogP contribution in [0, 0.1) is 0 Å². The molecule has 5 heteroatoms. The second-order valence-corrected chi connectivity index (χ2v) is 4.74. The number of hydrogen-bond donors (Lipinski definition) is 1. The zero-order chi connectivity index (χ0) is 13.3. The first-order chi connectivity index (χ1) is 8.45. The van der Waals surface area contributed by atoms with E-state index in [0.717, 1.165) is 24.5 Å². The Morgan fingerprint density at radius 1 is 1.39 bits per heavy atom. The molecule has 1 aliphatic rings. The van der Waals surface area contributed by atoms with E-state index in [1.807, 2.05) is 0 Å². The van der Waals surface area contributed by atoms with Gasteiger partial charge in [-0.15, -0.1) is 0 Å². The van der Waals surface area contributed by atoms with Crippen LogP contribution in [0.15, 0.2) is 18.2 Å². The van der Waals surface area contributed by atoms with Crippen LogP contribution in [0.2, 0.25) is 0 Å². The number of alkyl halides is 3. The lowest BCUT2D eigenvalue weighted by molar-refractivity contribution is -0.137. The van der Waals surface area contributed by atoms with Crippen LogP contribution in [-0.4, -0.2) is 20.1 Å². The maximum absolute atomic E-state index is 13.1. The van der Waals surface area contributed by atoms with Crippen LogP contribution in [0.5, 0.6) is 0 Å². The van der Waals surface area contributed by atoms with Crippen molar-refractivity contribution < 1.29 is 13.2 Å². The Hall–Kier alpha value is -1.23. The topological polar surface area (TPSA) is 29.3 Å². The summed E-state index contributed by atoms with van der Waals surface area (Å²) in [5, 5.41) is 0. The zero-order valence-corrected chi connectivity index (χ0v) is 10.3. The Morgan fingerprint density at radius 2 is 2.11 bits per heavy atom. The summed E-state index contributed by atoms with van der Waals surface area (Å²) in [7, 11) is 1.72. The molecule has 0 amide bonds. The Bertz CT molecular complexity index is 429. The molecule has 1 heterocycles. The van der Waals surface area contributed by atoms with E-state index in [1.165, 1.54) is 6.07 Å². The zero-order valence-electron chi connectivity index (χ0n) is 10.3. The summed E-state index contributed by atoms with van der Waals surface area (Å²) >= 11 is 0. The van der Waals surface area contributed by atoms with Gasteiger partial charge >= 0.3 is 6.18 Å². The van der Waals surface area contributed by atoms with Crippen molar-refractivity contribution in [2.45, 2.75) is 24.9 Å². The largest absolute Gasteiger partial charge is 0.418 e. The fourth-order valence-electron chi connectivity index (χ4n) is 2.63. The molecule has 18 heavy (non-hydrogen) atoms. The van der Waals surface area contributed by atoms with Gasteiger partial charge in [-0.3, -0.25) is 0 Å². The second-order valence-electron chi connectivity index (χ2n) is 4.74. The first kappa shape index (κ1) is 13.2. The standard InChI is InChI=1S/C13H17F3N2/c1-18-7-3-4-9(8-17)10-5-2-6-11(12(10)18)13(14,15)16/h2,5-6,9H,3-4,7-8,17H2,1H3. The van der Waals surface area contributed by atoms with Crippen LogP contribution < -0.4 is 10.6 Å². The van der Waals surface area contributed by atoms with Gasteiger partial charge in [0, 0.05) is 13.6 Å². The number of nitrogens with zero attached hydrogens (tertiary/aromatic N) is 1. The van der Waals surface area contributed by atoms with Crippen molar-refractivity contribution >= 4 is 5.69 Å². The highest BCUT2D eigenvalue weighted by molar-refractivity contribution is 5.62. The molecule has 0 spiro atoms. The molecule has 0 bridgehead atoms. The predicted octanol–water partition coefficient (Wildman–Crippen LogP) is 2.98. The number of halogens is 3. The van der Waals surface area contributed by atoms with Gasteiger partial charge in [0.05, 0.1) is 11.3 Å². The molecule has 2 nitrogen and oxygen atoms in total. The smallest absolute Gasteiger partial charge is 0.374 e. The summed E-state index contributed by atoms with van der Waals surface area (Å²) in [6, 6.07) is 4.39. The van der Waals surface area contributed by atoms with Crippen molar-refractivity contribution in [3.8, 4) is 0 Å². The lowest BCUT2D eigenvalue weighted by atomic mass is 9.92. The molecule has 2 N–H and O–H groups in total. The third kappa shape index (κ3) is 2.32. The van der Waals surface area contributed by atoms with Crippen LogP contribution in [0.4, 0.5) is 18.9 Å². The Morgan fingerprint density at radius 3 is 2.72 bits per heavy atom. The molecule has 0 saturated carbocycles. The summed E-state index contributed by atoms with van der Waals surface area (Å²) < 4.78 is 39.2.